The Labute approximate surface area is 161 Å². The van der Waals surface area contributed by atoms with E-state index in [0.29, 0.717) is 11.3 Å². The molecule has 2 aromatic carbocycles. The van der Waals surface area contributed by atoms with E-state index < -0.39 is 18.0 Å². The molecule has 6 nitrogen and oxygen atoms in total. The second kappa shape index (κ2) is 7.91. The average molecular weight is 412 g/mol. The molecule has 0 unspecified atom stereocenters. The summed E-state index contributed by atoms with van der Waals surface area (Å²) in [5.41, 5.74) is 1.99. The van der Waals surface area contributed by atoms with Gasteiger partial charge in [-0.15, -0.1) is 13.2 Å². The number of hydrogen-bond donors (Lipinski definition) is 3. The largest absolute Gasteiger partial charge is 0.573 e. The van der Waals surface area contributed by atoms with E-state index in [4.69, 9.17) is 16.7 Å². The first kappa shape index (κ1) is 19.7. The van der Waals surface area contributed by atoms with Gasteiger partial charge in [0.25, 0.3) is 5.91 Å². The van der Waals surface area contributed by atoms with Crippen molar-refractivity contribution in [3.05, 3.63) is 64.7 Å². The second-order valence-electron chi connectivity index (χ2n) is 5.64. The normalized spacial score (nSPS) is 11.3. The zero-order valence-electron chi connectivity index (χ0n) is 14.0. The predicted molar refractivity (Wildman–Crippen MR) is 96.0 cm³/mol. The summed E-state index contributed by atoms with van der Waals surface area (Å²) in [5, 5.41) is 18.4. The molecule has 0 radical (unpaired) electrons. The van der Waals surface area contributed by atoms with Gasteiger partial charge in [-0.05, 0) is 29.8 Å². The Morgan fingerprint density at radius 1 is 1.14 bits per heavy atom. The van der Waals surface area contributed by atoms with Gasteiger partial charge in [-0.3, -0.25) is 9.89 Å². The highest BCUT2D eigenvalue weighted by molar-refractivity contribution is 6.36. The first-order valence-corrected chi connectivity index (χ1v) is 8.26. The SMILES string of the molecule is O=C(Nc1n[nH]c(-c2ccc(CO)cc2)c1Cl)c1ccc(OC(F)(F)F)cc1. The van der Waals surface area contributed by atoms with Crippen molar-refractivity contribution < 1.29 is 27.8 Å². The molecular formula is C18H13ClF3N3O3. The molecule has 0 saturated heterocycles. The molecule has 3 rings (SSSR count). The fourth-order valence-corrected chi connectivity index (χ4v) is 2.61. The topological polar surface area (TPSA) is 87.2 Å². The Hall–Kier alpha value is -3.04. The first-order chi connectivity index (χ1) is 13.3. The third-order valence-corrected chi connectivity index (χ3v) is 4.08. The maximum Gasteiger partial charge on any atom is 0.573 e. The molecule has 0 atom stereocenters. The van der Waals surface area contributed by atoms with Gasteiger partial charge in [0.2, 0.25) is 0 Å². The second-order valence-corrected chi connectivity index (χ2v) is 6.02. The predicted octanol–water partition coefficient (Wildman–Crippen LogP) is 4.37. The van der Waals surface area contributed by atoms with E-state index in [0.717, 1.165) is 17.7 Å². The number of ether oxygens (including phenoxy) is 1. The molecule has 0 aliphatic carbocycles. The molecule has 146 valence electrons. The number of alkyl halides is 3. The van der Waals surface area contributed by atoms with Gasteiger partial charge in [0, 0.05) is 11.1 Å². The molecule has 1 amide bonds. The number of anilines is 1. The Morgan fingerprint density at radius 3 is 2.36 bits per heavy atom. The number of nitrogens with one attached hydrogen (secondary N) is 2. The number of hydrogen-bond acceptors (Lipinski definition) is 4. The van der Waals surface area contributed by atoms with Crippen LogP contribution in [0.3, 0.4) is 0 Å². The fourth-order valence-electron chi connectivity index (χ4n) is 2.37. The minimum atomic E-state index is -4.81. The average Bonchev–Trinajstić information content (AvgIpc) is 3.01. The van der Waals surface area contributed by atoms with Crippen LogP contribution in [0.2, 0.25) is 5.02 Å². The number of aromatic nitrogens is 2. The van der Waals surface area contributed by atoms with Gasteiger partial charge in [0.1, 0.15) is 10.8 Å². The maximum atomic E-state index is 12.3. The molecular weight excluding hydrogens is 399 g/mol. The van der Waals surface area contributed by atoms with Crippen molar-refractivity contribution in [3.63, 3.8) is 0 Å². The molecule has 1 heterocycles. The fraction of sp³-hybridized carbons (Fsp3) is 0.111. The molecule has 0 spiro atoms. The highest BCUT2D eigenvalue weighted by Crippen LogP contribution is 2.32. The Morgan fingerprint density at radius 2 is 1.79 bits per heavy atom. The summed E-state index contributed by atoms with van der Waals surface area (Å²) in [7, 11) is 0. The van der Waals surface area contributed by atoms with E-state index in [1.54, 1.807) is 24.3 Å². The van der Waals surface area contributed by atoms with Crippen LogP contribution in [0.5, 0.6) is 5.75 Å². The Balaban J connectivity index is 1.73. The van der Waals surface area contributed by atoms with Gasteiger partial charge in [-0.1, -0.05) is 35.9 Å². The molecule has 3 N–H and O–H groups in total. The summed E-state index contributed by atoms with van der Waals surface area (Å²) in [4.78, 5) is 12.3. The van der Waals surface area contributed by atoms with Crippen LogP contribution < -0.4 is 10.1 Å². The van der Waals surface area contributed by atoms with Gasteiger partial charge in [0.05, 0.1) is 12.3 Å². The lowest BCUT2D eigenvalue weighted by molar-refractivity contribution is -0.274. The van der Waals surface area contributed by atoms with Gasteiger partial charge in [-0.2, -0.15) is 5.10 Å². The van der Waals surface area contributed by atoms with Crippen LogP contribution in [-0.4, -0.2) is 27.6 Å². The van der Waals surface area contributed by atoms with Gasteiger partial charge in [0.15, 0.2) is 5.82 Å². The maximum absolute atomic E-state index is 12.3. The molecule has 10 heteroatoms. The Kier molecular flexibility index (Phi) is 5.57. The van der Waals surface area contributed by atoms with Crippen LogP contribution in [0, 0.1) is 0 Å². The number of carbonyl (C=O) groups excluding carboxylic acids is 1. The van der Waals surface area contributed by atoms with Crippen molar-refractivity contribution in [3.8, 4) is 17.0 Å². The minimum absolute atomic E-state index is 0.0727. The summed E-state index contributed by atoms with van der Waals surface area (Å²) in [6.07, 6.45) is -4.81. The van der Waals surface area contributed by atoms with Crippen LogP contribution in [-0.2, 0) is 6.61 Å². The van der Waals surface area contributed by atoms with Crippen molar-refractivity contribution in [2.45, 2.75) is 13.0 Å². The van der Waals surface area contributed by atoms with E-state index >= 15 is 0 Å². The summed E-state index contributed by atoms with van der Waals surface area (Å²) in [6.45, 7) is -0.0922. The minimum Gasteiger partial charge on any atom is -0.406 e. The van der Waals surface area contributed by atoms with Crippen molar-refractivity contribution in [1.29, 1.82) is 0 Å². The number of halogens is 4. The standard InChI is InChI=1S/C18H13ClF3N3O3/c19-14-15(11-3-1-10(9-26)2-4-11)24-25-16(14)23-17(27)12-5-7-13(8-6-12)28-18(20,21)22/h1-8,26H,9H2,(H2,23,24,25,27). The quantitative estimate of drug-likeness (QED) is 0.581. The number of benzene rings is 2. The number of carbonyl (C=O) groups is 1. The number of nitrogens with zero attached hydrogens (tertiary/aromatic N) is 1. The zero-order chi connectivity index (χ0) is 20.3. The molecule has 3 aromatic rings. The molecule has 0 aliphatic rings. The number of aromatic amines is 1. The lowest BCUT2D eigenvalue weighted by atomic mass is 10.1. The van der Waals surface area contributed by atoms with Crippen LogP contribution in [0.1, 0.15) is 15.9 Å². The van der Waals surface area contributed by atoms with Crippen molar-refractivity contribution in [1.82, 2.24) is 10.2 Å². The summed E-state index contributed by atoms with van der Waals surface area (Å²) in [6, 6.07) is 11.3. The number of rotatable bonds is 5. The molecule has 1 aromatic heterocycles. The van der Waals surface area contributed by atoms with Crippen molar-refractivity contribution in [2.75, 3.05) is 5.32 Å². The van der Waals surface area contributed by atoms with Crippen LogP contribution in [0.4, 0.5) is 19.0 Å². The monoisotopic (exact) mass is 411 g/mol. The number of H-pyrrole nitrogens is 1. The number of aliphatic hydroxyl groups is 1. The van der Waals surface area contributed by atoms with E-state index in [-0.39, 0.29) is 23.0 Å². The van der Waals surface area contributed by atoms with E-state index in [2.05, 4.69) is 20.3 Å². The van der Waals surface area contributed by atoms with E-state index in [1.165, 1.54) is 12.1 Å². The summed E-state index contributed by atoms with van der Waals surface area (Å²) in [5.74, 6) is -0.965. The highest BCUT2D eigenvalue weighted by Gasteiger charge is 2.31. The third-order valence-electron chi connectivity index (χ3n) is 3.71. The zero-order valence-corrected chi connectivity index (χ0v) is 14.8. The summed E-state index contributed by atoms with van der Waals surface area (Å²) >= 11 is 6.26. The lowest BCUT2D eigenvalue weighted by Gasteiger charge is -2.09. The molecule has 0 saturated carbocycles. The lowest BCUT2D eigenvalue weighted by Crippen LogP contribution is -2.17. The van der Waals surface area contributed by atoms with E-state index in [9.17, 15) is 18.0 Å². The number of aliphatic hydroxyl groups excluding tert-OH is 1. The molecule has 0 aliphatic heterocycles. The third kappa shape index (κ3) is 4.62. The summed E-state index contributed by atoms with van der Waals surface area (Å²) < 4.78 is 40.3. The molecule has 28 heavy (non-hydrogen) atoms. The van der Waals surface area contributed by atoms with Gasteiger partial charge < -0.3 is 15.2 Å². The van der Waals surface area contributed by atoms with Crippen molar-refractivity contribution in [2.24, 2.45) is 0 Å². The van der Waals surface area contributed by atoms with Crippen LogP contribution in [0.15, 0.2) is 48.5 Å². The smallest absolute Gasteiger partial charge is 0.406 e. The first-order valence-electron chi connectivity index (χ1n) is 7.88. The molecule has 0 fully saturated rings. The Bertz CT molecular complexity index is 970. The van der Waals surface area contributed by atoms with Crippen LogP contribution >= 0.6 is 11.6 Å². The van der Waals surface area contributed by atoms with E-state index in [1.807, 2.05) is 0 Å². The van der Waals surface area contributed by atoms with Gasteiger partial charge >= 0.3 is 6.36 Å². The van der Waals surface area contributed by atoms with Crippen LogP contribution in [0.25, 0.3) is 11.3 Å². The van der Waals surface area contributed by atoms with Gasteiger partial charge in [-0.25, -0.2) is 0 Å². The van der Waals surface area contributed by atoms with Crippen molar-refractivity contribution >= 4 is 23.3 Å². The number of amides is 1. The molecule has 0 bridgehead atoms. The highest BCUT2D eigenvalue weighted by atomic mass is 35.5.